The van der Waals surface area contributed by atoms with E-state index in [1.54, 1.807) is 24.3 Å². The van der Waals surface area contributed by atoms with Gasteiger partial charge in [0.2, 0.25) is 0 Å². The minimum atomic E-state index is -1.68. The van der Waals surface area contributed by atoms with E-state index in [1.807, 2.05) is 0 Å². The van der Waals surface area contributed by atoms with Crippen LogP contribution in [0, 0.1) is 5.92 Å². The smallest absolute Gasteiger partial charge is 0.261 e. The topological polar surface area (TPSA) is 66.4 Å². The van der Waals surface area contributed by atoms with Crippen molar-refractivity contribution in [1.29, 1.82) is 0 Å². The summed E-state index contributed by atoms with van der Waals surface area (Å²) < 4.78 is 0. The largest absolute Gasteiger partial charge is 0.375 e. The van der Waals surface area contributed by atoms with E-state index in [9.17, 15) is 14.7 Å². The lowest BCUT2D eigenvalue weighted by atomic mass is 9.77. The molecule has 2 N–H and O–H groups in total. The van der Waals surface area contributed by atoms with Crippen LogP contribution in [-0.4, -0.2) is 16.8 Å². The lowest BCUT2D eigenvalue weighted by Crippen LogP contribution is -2.45. The number of para-hydroxylation sites is 1. The minimum Gasteiger partial charge on any atom is -0.375 e. The average Bonchev–Trinajstić information content (AvgIpc) is 2.56. The van der Waals surface area contributed by atoms with Crippen LogP contribution < -0.4 is 5.32 Å². The average molecular weight is 259 g/mol. The van der Waals surface area contributed by atoms with Crippen molar-refractivity contribution in [2.24, 2.45) is 5.92 Å². The van der Waals surface area contributed by atoms with Crippen LogP contribution >= 0.6 is 0 Å². The molecule has 0 saturated heterocycles. The number of carbonyl (C=O) groups excluding carboxylic acids is 2. The SMILES string of the molecule is O=C1CCCCC[C@H]1[C@@]1(O)C(=O)Nc2ccccc21. The van der Waals surface area contributed by atoms with Crippen molar-refractivity contribution in [3.63, 3.8) is 0 Å². The van der Waals surface area contributed by atoms with Crippen LogP contribution in [0.1, 0.15) is 37.7 Å². The van der Waals surface area contributed by atoms with Crippen molar-refractivity contribution < 1.29 is 14.7 Å². The number of nitrogens with one attached hydrogen (secondary N) is 1. The third-order valence-corrected chi connectivity index (χ3v) is 4.24. The first-order valence-electron chi connectivity index (χ1n) is 6.80. The number of benzene rings is 1. The first kappa shape index (κ1) is 12.4. The van der Waals surface area contributed by atoms with Crippen LogP contribution in [0.2, 0.25) is 0 Å². The molecule has 100 valence electrons. The van der Waals surface area contributed by atoms with Gasteiger partial charge in [0, 0.05) is 17.7 Å². The second kappa shape index (κ2) is 4.46. The van der Waals surface area contributed by atoms with Crippen molar-refractivity contribution in [2.45, 2.75) is 37.7 Å². The maximum absolute atomic E-state index is 12.2. The summed E-state index contributed by atoms with van der Waals surface area (Å²) in [7, 11) is 0. The van der Waals surface area contributed by atoms with Gasteiger partial charge in [0.25, 0.3) is 5.91 Å². The molecule has 0 spiro atoms. The van der Waals surface area contributed by atoms with Crippen molar-refractivity contribution in [1.82, 2.24) is 0 Å². The highest BCUT2D eigenvalue weighted by Gasteiger charge is 2.53. The monoisotopic (exact) mass is 259 g/mol. The zero-order valence-electron chi connectivity index (χ0n) is 10.7. The fourth-order valence-electron chi connectivity index (χ4n) is 3.21. The van der Waals surface area contributed by atoms with Crippen LogP contribution in [0.15, 0.2) is 24.3 Å². The molecule has 0 bridgehead atoms. The number of Topliss-reactive ketones (excluding diaryl/α,β-unsaturated/α-hetero) is 1. The van der Waals surface area contributed by atoms with E-state index in [0.717, 1.165) is 19.3 Å². The van der Waals surface area contributed by atoms with E-state index in [0.29, 0.717) is 24.1 Å². The van der Waals surface area contributed by atoms with E-state index >= 15 is 0 Å². The first-order valence-corrected chi connectivity index (χ1v) is 6.80. The Labute approximate surface area is 111 Å². The van der Waals surface area contributed by atoms with Gasteiger partial charge < -0.3 is 10.4 Å². The van der Waals surface area contributed by atoms with Crippen molar-refractivity contribution >= 4 is 17.4 Å². The number of fused-ring (bicyclic) bond motifs is 1. The molecule has 1 fully saturated rings. The molecule has 19 heavy (non-hydrogen) atoms. The molecule has 1 aliphatic heterocycles. The Morgan fingerprint density at radius 3 is 2.79 bits per heavy atom. The number of aliphatic hydroxyl groups is 1. The van der Waals surface area contributed by atoms with Crippen molar-refractivity contribution in [3.05, 3.63) is 29.8 Å². The standard InChI is InChI=1S/C15H17NO3/c17-13-9-3-1-2-7-11(13)15(19)10-6-4-5-8-12(10)16-14(15)18/h4-6,8,11,19H,1-3,7,9H2,(H,16,18)/t11-,15-/m1/s1. The second-order valence-electron chi connectivity index (χ2n) is 5.38. The molecule has 1 aliphatic carbocycles. The van der Waals surface area contributed by atoms with Gasteiger partial charge in [-0.3, -0.25) is 9.59 Å². The maximum Gasteiger partial charge on any atom is 0.261 e. The number of carbonyl (C=O) groups is 2. The third kappa shape index (κ3) is 1.78. The minimum absolute atomic E-state index is 0.00635. The molecular formula is C15H17NO3. The van der Waals surface area contributed by atoms with Crippen LogP contribution in [0.5, 0.6) is 0 Å². The number of ketones is 1. The van der Waals surface area contributed by atoms with Gasteiger partial charge in [0.05, 0.1) is 5.92 Å². The van der Waals surface area contributed by atoms with Gasteiger partial charge in [-0.25, -0.2) is 0 Å². The predicted molar refractivity (Wildman–Crippen MR) is 70.6 cm³/mol. The molecule has 0 unspecified atom stereocenters. The second-order valence-corrected chi connectivity index (χ2v) is 5.38. The lowest BCUT2D eigenvalue weighted by molar-refractivity contribution is -0.148. The summed E-state index contributed by atoms with van der Waals surface area (Å²) in [5, 5.41) is 13.6. The highest BCUT2D eigenvalue weighted by Crippen LogP contribution is 2.44. The number of hydrogen-bond donors (Lipinski definition) is 2. The first-order chi connectivity index (χ1) is 9.14. The Hall–Kier alpha value is -1.68. The summed E-state index contributed by atoms with van der Waals surface area (Å²) in [6, 6.07) is 7.07. The van der Waals surface area contributed by atoms with Gasteiger partial charge in [-0.2, -0.15) is 0 Å². The number of hydrogen-bond acceptors (Lipinski definition) is 3. The van der Waals surface area contributed by atoms with Crippen molar-refractivity contribution in [3.8, 4) is 0 Å². The highest BCUT2D eigenvalue weighted by atomic mass is 16.3. The van der Waals surface area contributed by atoms with Crippen molar-refractivity contribution in [2.75, 3.05) is 5.32 Å². The molecule has 1 aromatic rings. The molecule has 1 amide bonds. The molecular weight excluding hydrogens is 242 g/mol. The maximum atomic E-state index is 12.2. The van der Waals surface area contributed by atoms with Gasteiger partial charge >= 0.3 is 0 Å². The van der Waals surface area contributed by atoms with E-state index in [-0.39, 0.29) is 5.78 Å². The van der Waals surface area contributed by atoms with Crippen LogP contribution in [-0.2, 0) is 15.2 Å². The van der Waals surface area contributed by atoms with E-state index in [4.69, 9.17) is 0 Å². The fraction of sp³-hybridized carbons (Fsp3) is 0.467. The van der Waals surface area contributed by atoms with Gasteiger partial charge in [0.15, 0.2) is 5.60 Å². The lowest BCUT2D eigenvalue weighted by Gasteiger charge is -2.29. The van der Waals surface area contributed by atoms with E-state index in [1.165, 1.54) is 0 Å². The Morgan fingerprint density at radius 2 is 1.95 bits per heavy atom. The zero-order chi connectivity index (χ0) is 13.5. The molecule has 1 aromatic carbocycles. The molecule has 1 heterocycles. The molecule has 0 aromatic heterocycles. The summed E-state index contributed by atoms with van der Waals surface area (Å²) in [6.45, 7) is 0. The zero-order valence-corrected chi connectivity index (χ0v) is 10.7. The van der Waals surface area contributed by atoms with Crippen LogP contribution in [0.4, 0.5) is 5.69 Å². The van der Waals surface area contributed by atoms with Gasteiger partial charge in [-0.05, 0) is 18.9 Å². The fourth-order valence-corrected chi connectivity index (χ4v) is 3.21. The number of rotatable bonds is 1. The van der Waals surface area contributed by atoms with Gasteiger partial charge in [0.1, 0.15) is 5.78 Å². The quantitative estimate of drug-likeness (QED) is 0.758. The van der Waals surface area contributed by atoms with Crippen LogP contribution in [0.25, 0.3) is 0 Å². The highest BCUT2D eigenvalue weighted by molar-refractivity contribution is 6.07. The summed E-state index contributed by atoms with van der Waals surface area (Å²) in [4.78, 5) is 24.4. The Morgan fingerprint density at radius 1 is 1.16 bits per heavy atom. The normalized spacial score (nSPS) is 30.7. The van der Waals surface area contributed by atoms with Crippen LogP contribution in [0.3, 0.4) is 0 Å². The predicted octanol–water partition coefficient (Wildman–Crippen LogP) is 1.98. The molecule has 4 heteroatoms. The Balaban J connectivity index is 2.06. The summed E-state index contributed by atoms with van der Waals surface area (Å²) in [6.07, 6.45) is 3.77. The third-order valence-electron chi connectivity index (χ3n) is 4.24. The summed E-state index contributed by atoms with van der Waals surface area (Å²) in [5.41, 5.74) is -0.523. The molecule has 1 saturated carbocycles. The van der Waals surface area contributed by atoms with E-state index < -0.39 is 17.4 Å². The van der Waals surface area contributed by atoms with Gasteiger partial charge in [-0.15, -0.1) is 0 Å². The Bertz CT molecular complexity index is 540. The van der Waals surface area contributed by atoms with Gasteiger partial charge in [-0.1, -0.05) is 31.0 Å². The van der Waals surface area contributed by atoms with E-state index in [2.05, 4.69) is 5.32 Å². The Kier molecular flexibility index (Phi) is 2.90. The summed E-state index contributed by atoms with van der Waals surface area (Å²) in [5.74, 6) is -1.07. The number of amides is 1. The molecule has 0 radical (unpaired) electrons. The molecule has 2 atom stereocenters. The summed E-state index contributed by atoms with van der Waals surface area (Å²) >= 11 is 0. The molecule has 4 nitrogen and oxygen atoms in total. The number of anilines is 1. The molecule has 3 rings (SSSR count). The molecule has 2 aliphatic rings.